The maximum absolute atomic E-state index is 13.6. The van der Waals surface area contributed by atoms with Crippen molar-refractivity contribution < 1.29 is 38.4 Å². The summed E-state index contributed by atoms with van der Waals surface area (Å²) < 4.78 is 21.9. The highest BCUT2D eigenvalue weighted by atomic mass is 32.1. The van der Waals surface area contributed by atoms with Gasteiger partial charge in [-0.2, -0.15) is 0 Å². The van der Waals surface area contributed by atoms with E-state index < -0.39 is 23.7 Å². The largest absolute Gasteiger partial charge is 0.507 e. The molecule has 1 amide bonds. The molecule has 1 atom stereocenters. The molecule has 1 unspecified atom stereocenters. The van der Waals surface area contributed by atoms with E-state index in [-0.39, 0.29) is 33.5 Å². The molecular formula is C31H32N2O8S. The number of benzene rings is 2. The van der Waals surface area contributed by atoms with Gasteiger partial charge in [0.1, 0.15) is 23.0 Å². The van der Waals surface area contributed by atoms with Crippen LogP contribution < -0.4 is 19.1 Å². The van der Waals surface area contributed by atoms with Crippen LogP contribution in [0.3, 0.4) is 0 Å². The van der Waals surface area contributed by atoms with Crippen molar-refractivity contribution in [2.75, 3.05) is 32.3 Å². The van der Waals surface area contributed by atoms with Gasteiger partial charge in [-0.15, -0.1) is 0 Å². The fraction of sp³-hybridized carbons (Fsp3) is 0.290. The summed E-state index contributed by atoms with van der Waals surface area (Å²) in [6.07, 6.45) is 3.25. The molecule has 1 aliphatic rings. The molecule has 0 radical (unpaired) electrons. The van der Waals surface area contributed by atoms with Crippen molar-refractivity contribution in [3.8, 4) is 17.2 Å². The lowest BCUT2D eigenvalue weighted by molar-refractivity contribution is -0.132. The second-order valence-electron chi connectivity index (χ2n) is 9.31. The molecule has 4 rings (SSSR count). The van der Waals surface area contributed by atoms with Crippen molar-refractivity contribution in [3.63, 3.8) is 0 Å². The van der Waals surface area contributed by atoms with E-state index in [4.69, 9.17) is 18.9 Å². The minimum Gasteiger partial charge on any atom is -0.507 e. The summed E-state index contributed by atoms with van der Waals surface area (Å²) in [6, 6.07) is 10.5. The van der Waals surface area contributed by atoms with Gasteiger partial charge >= 0.3 is 11.9 Å². The van der Waals surface area contributed by atoms with Crippen LogP contribution in [0, 0.1) is 6.92 Å². The van der Waals surface area contributed by atoms with E-state index in [1.165, 1.54) is 25.2 Å². The van der Waals surface area contributed by atoms with Crippen LogP contribution in [0.1, 0.15) is 52.3 Å². The monoisotopic (exact) mass is 592 g/mol. The number of nitrogens with zero attached hydrogens (tertiary/aromatic N) is 2. The number of rotatable bonds is 12. The smallest absolute Gasteiger partial charge is 0.350 e. The normalized spacial score (nSPS) is 15.9. The van der Waals surface area contributed by atoms with Crippen LogP contribution in [0.5, 0.6) is 17.2 Å². The van der Waals surface area contributed by atoms with Crippen molar-refractivity contribution in [1.29, 1.82) is 0 Å². The molecule has 0 spiro atoms. The van der Waals surface area contributed by atoms with Crippen LogP contribution in [-0.4, -0.2) is 55.2 Å². The molecule has 0 saturated carbocycles. The molecule has 1 fully saturated rings. The zero-order chi connectivity index (χ0) is 30.4. The molecule has 1 aromatic heterocycles. The number of amides is 1. The molecule has 42 heavy (non-hydrogen) atoms. The third-order valence-corrected chi connectivity index (χ3v) is 7.69. The Morgan fingerprint density at radius 1 is 1.14 bits per heavy atom. The maximum atomic E-state index is 13.6. The number of ketones is 1. The van der Waals surface area contributed by atoms with Gasteiger partial charge in [0, 0.05) is 5.56 Å². The van der Waals surface area contributed by atoms with E-state index in [1.807, 2.05) is 0 Å². The summed E-state index contributed by atoms with van der Waals surface area (Å²) in [5.41, 5.74) is 0.920. The van der Waals surface area contributed by atoms with Gasteiger partial charge in [-0.25, -0.2) is 9.78 Å². The Morgan fingerprint density at radius 2 is 1.93 bits per heavy atom. The van der Waals surface area contributed by atoms with Crippen molar-refractivity contribution in [2.24, 2.45) is 0 Å². The average Bonchev–Trinajstić information content (AvgIpc) is 3.51. The molecule has 0 aliphatic carbocycles. The number of aliphatic hydroxyl groups excluding tert-OH is 1. The van der Waals surface area contributed by atoms with E-state index in [9.17, 15) is 19.5 Å². The molecule has 2 aromatic carbocycles. The van der Waals surface area contributed by atoms with Crippen molar-refractivity contribution in [1.82, 2.24) is 4.98 Å². The summed E-state index contributed by atoms with van der Waals surface area (Å²) in [5.74, 6) is -1.50. The standard InChI is InChI=1S/C31H32N2O8S/c1-6-8-15-40-22-13-12-19(17-23(22)39-5)25-24(26(34)20-10-9-11-21(16-20)38-4)27(35)29(36)33(25)31-32-18(3)28(42-31)30(37)41-14-7-2/h7,9-13,16-17,25,34H,2,6,8,14-15H2,1,3-5H3/b26-24+. The molecule has 2 heterocycles. The number of Topliss-reactive ketones (excluding diaryl/α,β-unsaturated/α-hetero) is 1. The van der Waals surface area contributed by atoms with Gasteiger partial charge in [0.05, 0.1) is 38.1 Å². The minimum atomic E-state index is -1.10. The van der Waals surface area contributed by atoms with Gasteiger partial charge in [-0.05, 0) is 43.2 Å². The first-order valence-corrected chi connectivity index (χ1v) is 14.1. The molecule has 10 nitrogen and oxygen atoms in total. The van der Waals surface area contributed by atoms with Gasteiger partial charge in [-0.3, -0.25) is 14.5 Å². The second-order valence-corrected chi connectivity index (χ2v) is 10.3. The van der Waals surface area contributed by atoms with Crippen molar-refractivity contribution >= 4 is 39.9 Å². The number of hydrogen-bond acceptors (Lipinski definition) is 10. The predicted octanol–water partition coefficient (Wildman–Crippen LogP) is 5.62. The number of thiazole rings is 1. The number of methoxy groups -OCH3 is 2. The van der Waals surface area contributed by atoms with E-state index in [0.717, 1.165) is 24.2 Å². The second kappa shape index (κ2) is 13.3. The molecule has 11 heteroatoms. The number of aliphatic hydroxyl groups is 1. The first-order valence-electron chi connectivity index (χ1n) is 13.3. The Balaban J connectivity index is 1.89. The SMILES string of the molecule is C=CCOC(=O)c1sc(N2C(=O)C(=O)/C(=C(/O)c3cccc(OC)c3)C2c2ccc(OCCCC)c(OC)c2)nc1C. The number of anilines is 1. The van der Waals surface area contributed by atoms with Crippen molar-refractivity contribution in [2.45, 2.75) is 32.7 Å². The lowest BCUT2D eigenvalue weighted by Crippen LogP contribution is -2.29. The highest BCUT2D eigenvalue weighted by Gasteiger charge is 2.48. The fourth-order valence-corrected chi connectivity index (χ4v) is 5.43. The third kappa shape index (κ3) is 6.01. The van der Waals surface area contributed by atoms with Crippen LogP contribution in [0.2, 0.25) is 0 Å². The summed E-state index contributed by atoms with van der Waals surface area (Å²) in [4.78, 5) is 45.6. The van der Waals surface area contributed by atoms with Crippen LogP contribution in [0.4, 0.5) is 5.13 Å². The van der Waals surface area contributed by atoms with E-state index >= 15 is 0 Å². The molecule has 3 aromatic rings. The number of unbranched alkanes of at least 4 members (excludes halogenated alkanes) is 1. The number of aryl methyl sites for hydroxylation is 1. The van der Waals surface area contributed by atoms with Gasteiger partial charge in [-0.1, -0.05) is 55.5 Å². The zero-order valence-corrected chi connectivity index (χ0v) is 24.7. The zero-order valence-electron chi connectivity index (χ0n) is 23.8. The predicted molar refractivity (Wildman–Crippen MR) is 159 cm³/mol. The summed E-state index contributed by atoms with van der Waals surface area (Å²) in [7, 11) is 2.97. The highest BCUT2D eigenvalue weighted by Crippen LogP contribution is 2.45. The number of hydrogen-bond donors (Lipinski definition) is 1. The first kappa shape index (κ1) is 30.3. The van der Waals surface area contributed by atoms with E-state index in [1.54, 1.807) is 49.4 Å². The Morgan fingerprint density at radius 3 is 2.62 bits per heavy atom. The van der Waals surface area contributed by atoms with Crippen LogP contribution in [0.25, 0.3) is 5.76 Å². The highest BCUT2D eigenvalue weighted by molar-refractivity contribution is 7.17. The van der Waals surface area contributed by atoms with E-state index in [2.05, 4.69) is 18.5 Å². The Bertz CT molecular complexity index is 1540. The lowest BCUT2D eigenvalue weighted by atomic mass is 9.95. The quantitative estimate of drug-likeness (QED) is 0.0713. The number of aromatic nitrogens is 1. The van der Waals surface area contributed by atoms with Crippen LogP contribution in [-0.2, 0) is 14.3 Å². The number of carbonyl (C=O) groups is 3. The molecular weight excluding hydrogens is 560 g/mol. The topological polar surface area (TPSA) is 124 Å². The van der Waals surface area contributed by atoms with Gasteiger partial charge in [0.2, 0.25) is 0 Å². The summed E-state index contributed by atoms with van der Waals surface area (Å²) in [5, 5.41) is 11.6. The Kier molecular flexibility index (Phi) is 9.64. The minimum absolute atomic E-state index is 0.00301. The lowest BCUT2D eigenvalue weighted by Gasteiger charge is -2.24. The average molecular weight is 593 g/mol. The summed E-state index contributed by atoms with van der Waals surface area (Å²) in [6.45, 7) is 7.70. The van der Waals surface area contributed by atoms with Gasteiger partial charge in [0.25, 0.3) is 5.78 Å². The summed E-state index contributed by atoms with van der Waals surface area (Å²) >= 11 is 0.915. The molecule has 1 aliphatic heterocycles. The van der Waals surface area contributed by atoms with Crippen LogP contribution >= 0.6 is 11.3 Å². The number of ether oxygens (including phenoxy) is 4. The fourth-order valence-electron chi connectivity index (χ4n) is 4.45. The van der Waals surface area contributed by atoms with Gasteiger partial charge in [0.15, 0.2) is 16.6 Å². The molecule has 220 valence electrons. The van der Waals surface area contributed by atoms with Gasteiger partial charge < -0.3 is 24.1 Å². The van der Waals surface area contributed by atoms with Crippen molar-refractivity contribution in [3.05, 3.63) is 82.4 Å². The third-order valence-electron chi connectivity index (χ3n) is 6.56. The molecule has 1 saturated heterocycles. The Hall–Kier alpha value is -4.64. The number of esters is 1. The first-order chi connectivity index (χ1) is 20.2. The van der Waals surface area contributed by atoms with Crippen LogP contribution in [0.15, 0.2) is 60.7 Å². The number of carbonyl (C=O) groups excluding carboxylic acids is 3. The maximum Gasteiger partial charge on any atom is 0.350 e. The van der Waals surface area contributed by atoms with E-state index in [0.29, 0.717) is 35.1 Å². The molecule has 1 N–H and O–H groups in total. The molecule has 0 bridgehead atoms. The Labute approximate surface area is 247 Å².